The lowest BCUT2D eigenvalue weighted by Gasteiger charge is -2.18. The van der Waals surface area contributed by atoms with E-state index < -0.39 is 23.5 Å². The number of halogens is 1. The molecule has 0 aliphatic rings. The number of pyridine rings is 1. The van der Waals surface area contributed by atoms with Crippen LogP contribution in [-0.4, -0.2) is 24.0 Å². The van der Waals surface area contributed by atoms with Crippen molar-refractivity contribution in [2.24, 2.45) is 0 Å². The van der Waals surface area contributed by atoms with Gasteiger partial charge in [0.2, 0.25) is 0 Å². The van der Waals surface area contributed by atoms with Crippen LogP contribution >= 0.6 is 15.9 Å². The summed E-state index contributed by atoms with van der Waals surface area (Å²) in [5.41, 5.74) is 0.221. The zero-order chi connectivity index (χ0) is 16.8. The fourth-order valence-corrected chi connectivity index (χ4v) is 2.48. The Labute approximate surface area is 141 Å². The molecule has 1 amide bonds. The fraction of sp³-hybridized carbons (Fsp3) is 0.188. The van der Waals surface area contributed by atoms with Gasteiger partial charge in [0.15, 0.2) is 0 Å². The van der Waals surface area contributed by atoms with Crippen molar-refractivity contribution >= 4 is 27.8 Å². The van der Waals surface area contributed by atoms with Gasteiger partial charge in [0.25, 0.3) is 11.5 Å². The molecule has 2 rings (SSSR count). The molecule has 0 saturated carbocycles. The van der Waals surface area contributed by atoms with Crippen LogP contribution < -0.4 is 10.9 Å². The number of hydrogen-bond acceptors (Lipinski definition) is 4. The first-order chi connectivity index (χ1) is 11.0. The van der Waals surface area contributed by atoms with E-state index in [2.05, 4.69) is 31.0 Å². The van der Waals surface area contributed by atoms with E-state index in [-0.39, 0.29) is 12.0 Å². The molecule has 0 fully saturated rings. The summed E-state index contributed by atoms with van der Waals surface area (Å²) < 4.78 is 5.49. The van der Waals surface area contributed by atoms with Crippen molar-refractivity contribution in [3.8, 4) is 0 Å². The number of ether oxygens (including phenoxy) is 1. The fourth-order valence-electron chi connectivity index (χ4n) is 2.06. The molecular formula is C16H15BrN2O4. The van der Waals surface area contributed by atoms with Crippen LogP contribution in [0.2, 0.25) is 0 Å². The lowest BCUT2D eigenvalue weighted by molar-refractivity contribution is -0.141. The van der Waals surface area contributed by atoms with Gasteiger partial charge in [0.05, 0.1) is 19.6 Å². The maximum Gasteiger partial charge on any atom is 0.307 e. The number of benzene rings is 1. The minimum atomic E-state index is -0.605. The molecule has 2 aromatic rings. The van der Waals surface area contributed by atoms with Gasteiger partial charge in [0, 0.05) is 10.7 Å². The van der Waals surface area contributed by atoms with Gasteiger partial charge in [-0.2, -0.15) is 0 Å². The second kappa shape index (κ2) is 7.73. The average Bonchev–Trinajstić information content (AvgIpc) is 2.54. The summed E-state index contributed by atoms with van der Waals surface area (Å²) >= 11 is 3.35. The lowest BCUT2D eigenvalue weighted by atomic mass is 10.0. The molecule has 0 radical (unpaired) electrons. The third-order valence-corrected chi connectivity index (χ3v) is 3.71. The maximum atomic E-state index is 12.3. The molecule has 1 aromatic carbocycles. The summed E-state index contributed by atoms with van der Waals surface area (Å²) in [5, 5.41) is 2.70. The number of esters is 1. The van der Waals surface area contributed by atoms with E-state index in [1.807, 2.05) is 6.07 Å². The van der Waals surface area contributed by atoms with Crippen molar-refractivity contribution in [1.29, 1.82) is 0 Å². The van der Waals surface area contributed by atoms with Crippen LogP contribution in [0, 0.1) is 0 Å². The number of hydrogen-bond donors (Lipinski definition) is 2. The Kier molecular flexibility index (Phi) is 5.70. The Bertz CT molecular complexity index is 772. The molecule has 0 aliphatic heterocycles. The van der Waals surface area contributed by atoms with Crippen LogP contribution in [0.25, 0.3) is 0 Å². The molecule has 120 valence electrons. The third kappa shape index (κ3) is 4.53. The smallest absolute Gasteiger partial charge is 0.307 e. The summed E-state index contributed by atoms with van der Waals surface area (Å²) in [6.45, 7) is 0. The summed E-state index contributed by atoms with van der Waals surface area (Å²) in [5.74, 6) is -1.02. The normalized spacial score (nSPS) is 11.6. The van der Waals surface area contributed by atoms with Crippen molar-refractivity contribution in [2.75, 3.05) is 7.11 Å². The summed E-state index contributed by atoms with van der Waals surface area (Å²) in [6.07, 6.45) is 1.41. The highest BCUT2D eigenvalue weighted by Crippen LogP contribution is 2.21. The van der Waals surface area contributed by atoms with Crippen LogP contribution in [0.5, 0.6) is 0 Å². The first kappa shape index (κ1) is 17.0. The zero-order valence-corrected chi connectivity index (χ0v) is 13.9. The highest BCUT2D eigenvalue weighted by molar-refractivity contribution is 9.10. The second-order valence-corrected chi connectivity index (χ2v) is 5.69. The second-order valence-electron chi connectivity index (χ2n) is 4.77. The Morgan fingerprint density at radius 2 is 2.09 bits per heavy atom. The highest BCUT2D eigenvalue weighted by atomic mass is 79.9. The van der Waals surface area contributed by atoms with E-state index in [1.165, 1.54) is 19.4 Å². The molecule has 1 heterocycles. The molecule has 6 nitrogen and oxygen atoms in total. The number of amides is 1. The number of nitrogens with one attached hydrogen (secondary N) is 2. The minimum absolute atomic E-state index is 0.0163. The minimum Gasteiger partial charge on any atom is -0.469 e. The van der Waals surface area contributed by atoms with Crippen molar-refractivity contribution in [1.82, 2.24) is 10.3 Å². The number of aromatic nitrogens is 1. The summed E-state index contributed by atoms with van der Waals surface area (Å²) in [6, 6.07) is 9.59. The Morgan fingerprint density at radius 1 is 1.30 bits per heavy atom. The van der Waals surface area contributed by atoms with Gasteiger partial charge < -0.3 is 15.0 Å². The SMILES string of the molecule is COC(=O)CC(NC(=O)c1ccc[nH]c1=O)c1cccc(Br)c1. The maximum absolute atomic E-state index is 12.3. The van der Waals surface area contributed by atoms with Gasteiger partial charge in [0.1, 0.15) is 5.56 Å². The molecule has 0 aliphatic carbocycles. The van der Waals surface area contributed by atoms with E-state index in [0.29, 0.717) is 0 Å². The standard InChI is InChI=1S/C16H15BrN2O4/c1-23-14(20)9-13(10-4-2-5-11(17)8-10)19-16(22)12-6-3-7-18-15(12)21/h2-8,13H,9H2,1H3,(H,18,21)(H,19,22). The summed E-state index contributed by atoms with van der Waals surface area (Å²) in [7, 11) is 1.28. The number of aromatic amines is 1. The zero-order valence-electron chi connectivity index (χ0n) is 12.3. The molecule has 0 spiro atoms. The Balaban J connectivity index is 2.27. The number of carbonyl (C=O) groups excluding carboxylic acids is 2. The molecule has 1 aromatic heterocycles. The number of carbonyl (C=O) groups is 2. The van der Waals surface area contributed by atoms with Gasteiger partial charge >= 0.3 is 5.97 Å². The molecule has 23 heavy (non-hydrogen) atoms. The highest BCUT2D eigenvalue weighted by Gasteiger charge is 2.21. The third-order valence-electron chi connectivity index (χ3n) is 3.22. The van der Waals surface area contributed by atoms with Crippen molar-refractivity contribution in [2.45, 2.75) is 12.5 Å². The van der Waals surface area contributed by atoms with Gasteiger partial charge in [-0.25, -0.2) is 0 Å². The van der Waals surface area contributed by atoms with Gasteiger partial charge in [-0.05, 0) is 29.8 Å². The van der Waals surface area contributed by atoms with Crippen LogP contribution in [-0.2, 0) is 9.53 Å². The molecule has 1 unspecified atom stereocenters. The number of H-pyrrole nitrogens is 1. The van der Waals surface area contributed by atoms with Crippen LogP contribution in [0.3, 0.4) is 0 Å². The number of rotatable bonds is 5. The van der Waals surface area contributed by atoms with Crippen molar-refractivity contribution in [3.63, 3.8) is 0 Å². The van der Waals surface area contributed by atoms with Crippen LogP contribution in [0.1, 0.15) is 28.4 Å². The Hall–Kier alpha value is -2.41. The van der Waals surface area contributed by atoms with Crippen LogP contribution in [0.4, 0.5) is 0 Å². The predicted molar refractivity (Wildman–Crippen MR) is 88.0 cm³/mol. The van der Waals surface area contributed by atoms with E-state index in [9.17, 15) is 14.4 Å². The first-order valence-electron chi connectivity index (χ1n) is 6.82. The average molecular weight is 379 g/mol. The summed E-state index contributed by atoms with van der Waals surface area (Å²) in [4.78, 5) is 38.1. The first-order valence-corrected chi connectivity index (χ1v) is 7.61. The van der Waals surface area contributed by atoms with Crippen molar-refractivity contribution in [3.05, 3.63) is 68.5 Å². The van der Waals surface area contributed by atoms with E-state index in [4.69, 9.17) is 0 Å². The predicted octanol–water partition coefficient (Wildman–Crippen LogP) is 2.17. The van der Waals surface area contributed by atoms with Crippen LogP contribution in [0.15, 0.2) is 51.9 Å². The van der Waals surface area contributed by atoms with Gasteiger partial charge in [-0.3, -0.25) is 14.4 Å². The lowest BCUT2D eigenvalue weighted by Crippen LogP contribution is -2.33. The van der Waals surface area contributed by atoms with E-state index in [1.54, 1.807) is 24.3 Å². The van der Waals surface area contributed by atoms with E-state index >= 15 is 0 Å². The van der Waals surface area contributed by atoms with E-state index in [0.717, 1.165) is 10.0 Å². The number of methoxy groups -OCH3 is 1. The monoisotopic (exact) mass is 378 g/mol. The molecule has 2 N–H and O–H groups in total. The molecule has 0 saturated heterocycles. The quantitative estimate of drug-likeness (QED) is 0.780. The van der Waals surface area contributed by atoms with Crippen molar-refractivity contribution < 1.29 is 14.3 Å². The molecule has 1 atom stereocenters. The largest absolute Gasteiger partial charge is 0.469 e. The topological polar surface area (TPSA) is 88.3 Å². The Morgan fingerprint density at radius 3 is 2.74 bits per heavy atom. The molecule has 0 bridgehead atoms. The molecule has 7 heteroatoms. The van der Waals surface area contributed by atoms with Gasteiger partial charge in [-0.1, -0.05) is 28.1 Å². The van der Waals surface area contributed by atoms with Gasteiger partial charge in [-0.15, -0.1) is 0 Å². The molecular weight excluding hydrogens is 364 g/mol.